The van der Waals surface area contributed by atoms with E-state index in [1.54, 1.807) is 11.8 Å². The molecule has 3 aliphatic rings. The summed E-state index contributed by atoms with van der Waals surface area (Å²) in [6.07, 6.45) is 7.14. The lowest BCUT2D eigenvalue weighted by atomic mass is 9.99. The molecule has 1 amide bonds. The summed E-state index contributed by atoms with van der Waals surface area (Å²) in [4.78, 5) is 17.0. The van der Waals surface area contributed by atoms with E-state index in [-0.39, 0.29) is 5.91 Å². The predicted octanol–water partition coefficient (Wildman–Crippen LogP) is 3.20. The van der Waals surface area contributed by atoms with E-state index in [2.05, 4.69) is 33.5 Å². The lowest BCUT2D eigenvalue weighted by molar-refractivity contribution is -0.129. The SMILES string of the molecule is CC1CCN(C(=O)CSc2nnc(N3CCC(C)CC3)n2C2CC2)CC1. The first-order valence-electron chi connectivity index (χ1n) is 10.2. The molecule has 144 valence electrons. The summed E-state index contributed by atoms with van der Waals surface area (Å²) >= 11 is 1.57. The van der Waals surface area contributed by atoms with E-state index in [0.29, 0.717) is 11.8 Å². The topological polar surface area (TPSA) is 54.3 Å². The molecule has 3 fully saturated rings. The van der Waals surface area contributed by atoms with Crippen molar-refractivity contribution < 1.29 is 4.79 Å². The van der Waals surface area contributed by atoms with Crippen LogP contribution in [0.1, 0.15) is 58.4 Å². The first-order chi connectivity index (χ1) is 12.6. The number of anilines is 1. The van der Waals surface area contributed by atoms with Gasteiger partial charge in [0.2, 0.25) is 11.9 Å². The molecule has 2 saturated heterocycles. The van der Waals surface area contributed by atoms with Gasteiger partial charge in [0, 0.05) is 32.2 Å². The van der Waals surface area contributed by atoms with Crippen molar-refractivity contribution in [1.29, 1.82) is 0 Å². The van der Waals surface area contributed by atoms with Crippen molar-refractivity contribution in [2.45, 2.75) is 63.6 Å². The van der Waals surface area contributed by atoms with Gasteiger partial charge in [-0.3, -0.25) is 9.36 Å². The monoisotopic (exact) mass is 377 g/mol. The Hall–Kier alpha value is -1.24. The number of rotatable bonds is 5. The molecule has 4 rings (SSSR count). The third-order valence-electron chi connectivity index (χ3n) is 6.09. The number of carbonyl (C=O) groups excluding carboxylic acids is 1. The average molecular weight is 378 g/mol. The molecule has 0 unspecified atom stereocenters. The molecule has 0 spiro atoms. The van der Waals surface area contributed by atoms with Crippen LogP contribution in [0.2, 0.25) is 0 Å². The fourth-order valence-electron chi connectivity index (χ4n) is 3.92. The number of thioether (sulfide) groups is 1. The van der Waals surface area contributed by atoms with Crippen LogP contribution in [0.3, 0.4) is 0 Å². The smallest absolute Gasteiger partial charge is 0.233 e. The van der Waals surface area contributed by atoms with Crippen LogP contribution in [0.5, 0.6) is 0 Å². The Bertz CT molecular complexity index is 628. The summed E-state index contributed by atoms with van der Waals surface area (Å²) in [6.45, 7) is 8.57. The van der Waals surface area contributed by atoms with Gasteiger partial charge in [-0.05, 0) is 50.4 Å². The second kappa shape index (κ2) is 7.79. The van der Waals surface area contributed by atoms with Crippen molar-refractivity contribution in [2.75, 3.05) is 36.8 Å². The third-order valence-corrected chi connectivity index (χ3v) is 7.01. The fraction of sp³-hybridized carbons (Fsp3) is 0.842. The predicted molar refractivity (Wildman–Crippen MR) is 105 cm³/mol. The van der Waals surface area contributed by atoms with Gasteiger partial charge >= 0.3 is 0 Å². The number of piperidine rings is 2. The largest absolute Gasteiger partial charge is 0.342 e. The minimum Gasteiger partial charge on any atom is -0.342 e. The summed E-state index contributed by atoms with van der Waals surface area (Å²) in [5.74, 6) is 3.32. The molecule has 7 heteroatoms. The van der Waals surface area contributed by atoms with Crippen molar-refractivity contribution in [1.82, 2.24) is 19.7 Å². The molecule has 1 aromatic heterocycles. The molecule has 1 aromatic rings. The Labute approximate surface area is 160 Å². The minimum absolute atomic E-state index is 0.251. The molecule has 26 heavy (non-hydrogen) atoms. The summed E-state index contributed by atoms with van der Waals surface area (Å²) in [5.41, 5.74) is 0. The Balaban J connectivity index is 1.40. The lowest BCUT2D eigenvalue weighted by Gasteiger charge is -2.31. The van der Waals surface area contributed by atoms with E-state index < -0.39 is 0 Å². The van der Waals surface area contributed by atoms with Crippen LogP contribution in [-0.2, 0) is 4.79 Å². The maximum absolute atomic E-state index is 12.6. The van der Waals surface area contributed by atoms with Crippen molar-refractivity contribution in [2.24, 2.45) is 11.8 Å². The second-order valence-electron chi connectivity index (χ2n) is 8.41. The van der Waals surface area contributed by atoms with Crippen molar-refractivity contribution in [3.63, 3.8) is 0 Å². The highest BCUT2D eigenvalue weighted by molar-refractivity contribution is 7.99. The van der Waals surface area contributed by atoms with E-state index >= 15 is 0 Å². The number of amides is 1. The Morgan fingerprint density at radius 1 is 0.962 bits per heavy atom. The van der Waals surface area contributed by atoms with Crippen molar-refractivity contribution in [3.8, 4) is 0 Å². The van der Waals surface area contributed by atoms with Crippen LogP contribution in [0.4, 0.5) is 5.95 Å². The highest BCUT2D eigenvalue weighted by Crippen LogP contribution is 2.41. The third kappa shape index (κ3) is 4.02. The van der Waals surface area contributed by atoms with Gasteiger partial charge in [0.25, 0.3) is 0 Å². The molecule has 0 radical (unpaired) electrons. The normalized spacial score (nSPS) is 22.8. The molecule has 3 heterocycles. The highest BCUT2D eigenvalue weighted by atomic mass is 32.2. The molecular formula is C19H31N5OS. The van der Waals surface area contributed by atoms with Gasteiger partial charge < -0.3 is 9.80 Å². The molecule has 0 aromatic carbocycles. The Morgan fingerprint density at radius 2 is 1.58 bits per heavy atom. The van der Waals surface area contributed by atoms with E-state index in [9.17, 15) is 4.79 Å². The maximum Gasteiger partial charge on any atom is 0.233 e. The van der Waals surface area contributed by atoms with Crippen LogP contribution >= 0.6 is 11.8 Å². The summed E-state index contributed by atoms with van der Waals surface area (Å²) < 4.78 is 2.31. The molecule has 2 aliphatic heterocycles. The van der Waals surface area contributed by atoms with Gasteiger partial charge in [-0.2, -0.15) is 0 Å². The molecule has 6 nitrogen and oxygen atoms in total. The first-order valence-corrected chi connectivity index (χ1v) is 11.2. The zero-order valence-corrected chi connectivity index (χ0v) is 16.9. The Kier molecular flexibility index (Phi) is 5.43. The van der Waals surface area contributed by atoms with Gasteiger partial charge in [0.05, 0.1) is 5.75 Å². The van der Waals surface area contributed by atoms with Crippen LogP contribution in [0.25, 0.3) is 0 Å². The summed E-state index contributed by atoms with van der Waals surface area (Å²) in [5, 5.41) is 9.91. The molecular weight excluding hydrogens is 346 g/mol. The van der Waals surface area contributed by atoms with Gasteiger partial charge in [-0.25, -0.2) is 0 Å². The van der Waals surface area contributed by atoms with Gasteiger partial charge in [-0.15, -0.1) is 10.2 Å². The van der Waals surface area contributed by atoms with Crippen LogP contribution in [0, 0.1) is 11.8 Å². The first kappa shape index (κ1) is 18.1. The second-order valence-corrected chi connectivity index (χ2v) is 9.35. The minimum atomic E-state index is 0.251. The number of aromatic nitrogens is 3. The summed E-state index contributed by atoms with van der Waals surface area (Å²) in [7, 11) is 0. The maximum atomic E-state index is 12.6. The Morgan fingerprint density at radius 3 is 2.19 bits per heavy atom. The van der Waals surface area contributed by atoms with Gasteiger partial charge in [0.15, 0.2) is 5.16 Å². The number of hydrogen-bond donors (Lipinski definition) is 0. The molecule has 0 atom stereocenters. The number of likely N-dealkylation sites (tertiary alicyclic amines) is 1. The van der Waals surface area contributed by atoms with Crippen molar-refractivity contribution >= 4 is 23.6 Å². The highest BCUT2D eigenvalue weighted by Gasteiger charge is 2.33. The van der Waals surface area contributed by atoms with E-state index in [1.807, 2.05) is 4.90 Å². The van der Waals surface area contributed by atoms with Gasteiger partial charge in [-0.1, -0.05) is 25.6 Å². The summed E-state index contributed by atoms with van der Waals surface area (Å²) in [6, 6.07) is 0.535. The molecule has 0 N–H and O–H groups in total. The van der Waals surface area contributed by atoms with E-state index in [4.69, 9.17) is 0 Å². The van der Waals surface area contributed by atoms with Crippen molar-refractivity contribution in [3.05, 3.63) is 0 Å². The zero-order valence-electron chi connectivity index (χ0n) is 16.1. The van der Waals surface area contributed by atoms with Crippen LogP contribution < -0.4 is 4.90 Å². The quantitative estimate of drug-likeness (QED) is 0.738. The number of nitrogens with zero attached hydrogens (tertiary/aromatic N) is 5. The average Bonchev–Trinajstić information content (AvgIpc) is 3.40. The number of carbonyl (C=O) groups is 1. The van der Waals surface area contributed by atoms with E-state index in [1.165, 1.54) is 25.7 Å². The fourth-order valence-corrected chi connectivity index (χ4v) is 4.82. The van der Waals surface area contributed by atoms with Gasteiger partial charge in [0.1, 0.15) is 0 Å². The molecule has 1 saturated carbocycles. The molecule has 1 aliphatic carbocycles. The van der Waals surface area contributed by atoms with Crippen LogP contribution in [-0.4, -0.2) is 57.5 Å². The van der Waals surface area contributed by atoms with Crippen LogP contribution in [0.15, 0.2) is 5.16 Å². The zero-order chi connectivity index (χ0) is 18.1. The number of hydrogen-bond acceptors (Lipinski definition) is 5. The lowest BCUT2D eigenvalue weighted by Crippen LogP contribution is -2.39. The van der Waals surface area contributed by atoms with E-state index in [0.717, 1.165) is 62.0 Å². The molecule has 0 bridgehead atoms. The standard InChI is InChI=1S/C19H31N5OS/c1-14-5-9-22(10-6-14)17(25)13-26-19-21-20-18(24(19)16-3-4-16)23-11-7-15(2)8-12-23/h14-16H,3-13H2,1-2H3.